The number of benzene rings is 1. The first kappa shape index (κ1) is 10.9. The van der Waals surface area contributed by atoms with E-state index in [0.717, 1.165) is 24.0 Å². The molecular weight excluding hydrogens is 174 g/mol. The first-order chi connectivity index (χ1) is 6.69. The largest absolute Gasteiger partial charge is 0.316 e. The summed E-state index contributed by atoms with van der Waals surface area (Å²) in [6.45, 7) is 5.00. The summed E-state index contributed by atoms with van der Waals surface area (Å²) >= 11 is 0. The van der Waals surface area contributed by atoms with Gasteiger partial charge in [-0.25, -0.2) is 0 Å². The lowest BCUT2D eigenvalue weighted by molar-refractivity contribution is 0.112. The van der Waals surface area contributed by atoms with Crippen molar-refractivity contribution in [2.75, 3.05) is 7.05 Å². The van der Waals surface area contributed by atoms with Crippen LogP contribution in [0.3, 0.4) is 0 Å². The van der Waals surface area contributed by atoms with Gasteiger partial charge >= 0.3 is 0 Å². The second kappa shape index (κ2) is 4.91. The zero-order valence-electron chi connectivity index (χ0n) is 9.00. The van der Waals surface area contributed by atoms with Gasteiger partial charge in [0.1, 0.15) is 6.29 Å². The fourth-order valence-electron chi connectivity index (χ4n) is 1.43. The van der Waals surface area contributed by atoms with Crippen molar-refractivity contribution in [1.29, 1.82) is 0 Å². The summed E-state index contributed by atoms with van der Waals surface area (Å²) in [5.74, 6) is 0.470. The van der Waals surface area contributed by atoms with E-state index in [9.17, 15) is 4.79 Å². The van der Waals surface area contributed by atoms with E-state index < -0.39 is 0 Å². The van der Waals surface area contributed by atoms with E-state index in [4.69, 9.17) is 0 Å². The minimum absolute atomic E-state index is 0.470. The van der Waals surface area contributed by atoms with Crippen molar-refractivity contribution >= 4 is 6.29 Å². The van der Waals surface area contributed by atoms with E-state index in [1.165, 1.54) is 5.56 Å². The summed E-state index contributed by atoms with van der Waals surface area (Å²) < 4.78 is 0. The molecule has 0 aromatic heterocycles. The highest BCUT2D eigenvalue weighted by Gasteiger charge is 2.04. The average molecular weight is 191 g/mol. The van der Waals surface area contributed by atoms with Crippen LogP contribution in [0.4, 0.5) is 0 Å². The number of rotatable bonds is 4. The molecule has 0 saturated heterocycles. The Morgan fingerprint density at radius 3 is 2.64 bits per heavy atom. The quantitative estimate of drug-likeness (QED) is 0.740. The molecule has 0 aliphatic carbocycles. The van der Waals surface area contributed by atoms with Gasteiger partial charge in [-0.05, 0) is 30.2 Å². The van der Waals surface area contributed by atoms with Crippen LogP contribution in [-0.4, -0.2) is 13.3 Å². The Balaban J connectivity index is 3.04. The van der Waals surface area contributed by atoms with Gasteiger partial charge in [-0.15, -0.1) is 0 Å². The average Bonchev–Trinajstić information content (AvgIpc) is 2.18. The fourth-order valence-corrected chi connectivity index (χ4v) is 1.43. The van der Waals surface area contributed by atoms with Crippen LogP contribution in [0.25, 0.3) is 0 Å². The van der Waals surface area contributed by atoms with Gasteiger partial charge < -0.3 is 5.32 Å². The van der Waals surface area contributed by atoms with Crippen LogP contribution in [0.15, 0.2) is 18.2 Å². The Kier molecular flexibility index (Phi) is 3.84. The van der Waals surface area contributed by atoms with Crippen LogP contribution < -0.4 is 5.32 Å². The monoisotopic (exact) mass is 191 g/mol. The molecule has 1 rings (SSSR count). The van der Waals surface area contributed by atoms with Crippen molar-refractivity contribution in [3.8, 4) is 0 Å². The smallest absolute Gasteiger partial charge is 0.150 e. The lowest BCUT2D eigenvalue weighted by atomic mass is 9.98. The van der Waals surface area contributed by atoms with Crippen LogP contribution in [0.2, 0.25) is 0 Å². The molecule has 0 fully saturated rings. The van der Waals surface area contributed by atoms with E-state index >= 15 is 0 Å². The molecule has 76 valence electrons. The summed E-state index contributed by atoms with van der Waals surface area (Å²) in [6, 6.07) is 6.09. The summed E-state index contributed by atoms with van der Waals surface area (Å²) in [7, 11) is 1.88. The molecular formula is C12H17NO. The molecule has 0 amide bonds. The topological polar surface area (TPSA) is 29.1 Å². The van der Waals surface area contributed by atoms with Crippen LogP contribution in [0.1, 0.15) is 41.3 Å². The zero-order valence-corrected chi connectivity index (χ0v) is 9.00. The summed E-state index contributed by atoms with van der Waals surface area (Å²) in [5, 5.41) is 3.05. The Morgan fingerprint density at radius 2 is 2.14 bits per heavy atom. The lowest BCUT2D eigenvalue weighted by Gasteiger charge is -2.09. The standard InChI is InChI=1S/C12H17NO/c1-9(2)10-4-5-11(7-13-3)12(6-10)8-14/h4-6,8-9,13H,7H2,1-3H3. The van der Waals surface area contributed by atoms with Crippen LogP contribution in [0.5, 0.6) is 0 Å². The van der Waals surface area contributed by atoms with Gasteiger partial charge in [0.15, 0.2) is 0 Å². The van der Waals surface area contributed by atoms with Crippen molar-refractivity contribution in [1.82, 2.24) is 5.32 Å². The minimum atomic E-state index is 0.470. The van der Waals surface area contributed by atoms with E-state index in [1.807, 2.05) is 19.2 Å². The van der Waals surface area contributed by atoms with E-state index in [-0.39, 0.29) is 0 Å². The summed E-state index contributed by atoms with van der Waals surface area (Å²) in [4.78, 5) is 10.8. The molecule has 1 aromatic carbocycles. The molecule has 0 unspecified atom stereocenters. The molecule has 14 heavy (non-hydrogen) atoms. The Labute approximate surface area is 85.3 Å². The molecule has 2 heteroatoms. The highest BCUT2D eigenvalue weighted by molar-refractivity contribution is 5.77. The summed E-state index contributed by atoms with van der Waals surface area (Å²) in [5.41, 5.74) is 3.07. The van der Waals surface area contributed by atoms with Crippen LogP contribution >= 0.6 is 0 Å². The first-order valence-electron chi connectivity index (χ1n) is 4.91. The van der Waals surface area contributed by atoms with Crippen molar-refractivity contribution in [3.63, 3.8) is 0 Å². The zero-order chi connectivity index (χ0) is 10.6. The van der Waals surface area contributed by atoms with Crippen LogP contribution in [-0.2, 0) is 6.54 Å². The molecule has 2 nitrogen and oxygen atoms in total. The fraction of sp³-hybridized carbons (Fsp3) is 0.417. The third-order valence-corrected chi connectivity index (χ3v) is 2.33. The number of aldehydes is 1. The Hall–Kier alpha value is -1.15. The first-order valence-corrected chi connectivity index (χ1v) is 4.91. The number of carbonyl (C=O) groups is 1. The molecule has 0 aliphatic heterocycles. The van der Waals surface area contributed by atoms with Gasteiger partial charge in [0.25, 0.3) is 0 Å². The van der Waals surface area contributed by atoms with Crippen molar-refractivity contribution in [2.24, 2.45) is 0 Å². The highest BCUT2D eigenvalue weighted by Crippen LogP contribution is 2.17. The highest BCUT2D eigenvalue weighted by atomic mass is 16.1. The maximum atomic E-state index is 10.8. The van der Waals surface area contributed by atoms with Crippen molar-refractivity contribution < 1.29 is 4.79 Å². The van der Waals surface area contributed by atoms with E-state index in [1.54, 1.807) is 0 Å². The van der Waals surface area contributed by atoms with Gasteiger partial charge in [0.2, 0.25) is 0 Å². The number of nitrogens with one attached hydrogen (secondary N) is 1. The minimum Gasteiger partial charge on any atom is -0.316 e. The molecule has 1 aromatic rings. The third kappa shape index (κ3) is 2.42. The van der Waals surface area contributed by atoms with E-state index in [0.29, 0.717) is 5.92 Å². The number of hydrogen-bond acceptors (Lipinski definition) is 2. The number of hydrogen-bond donors (Lipinski definition) is 1. The number of carbonyl (C=O) groups excluding carboxylic acids is 1. The van der Waals surface area contributed by atoms with E-state index in [2.05, 4.69) is 25.2 Å². The molecule has 0 atom stereocenters. The third-order valence-electron chi connectivity index (χ3n) is 2.33. The van der Waals surface area contributed by atoms with Crippen molar-refractivity contribution in [2.45, 2.75) is 26.3 Å². The Bertz CT molecular complexity index is 318. The molecule has 1 N–H and O–H groups in total. The maximum absolute atomic E-state index is 10.8. The Morgan fingerprint density at radius 1 is 1.43 bits per heavy atom. The van der Waals surface area contributed by atoms with Gasteiger partial charge in [-0.1, -0.05) is 26.0 Å². The van der Waals surface area contributed by atoms with Gasteiger partial charge in [0, 0.05) is 12.1 Å². The predicted octanol–water partition coefficient (Wildman–Crippen LogP) is 2.34. The summed E-state index contributed by atoms with van der Waals surface area (Å²) in [6.07, 6.45) is 0.929. The molecule has 0 aliphatic rings. The van der Waals surface area contributed by atoms with Gasteiger partial charge in [-0.3, -0.25) is 4.79 Å². The van der Waals surface area contributed by atoms with Gasteiger partial charge in [0.05, 0.1) is 0 Å². The second-order valence-electron chi connectivity index (χ2n) is 3.76. The molecule has 0 bridgehead atoms. The normalized spacial score (nSPS) is 10.6. The lowest BCUT2D eigenvalue weighted by Crippen LogP contribution is -2.08. The second-order valence-corrected chi connectivity index (χ2v) is 3.76. The maximum Gasteiger partial charge on any atom is 0.150 e. The SMILES string of the molecule is CNCc1ccc(C(C)C)cc1C=O. The molecule has 0 spiro atoms. The van der Waals surface area contributed by atoms with Gasteiger partial charge in [-0.2, -0.15) is 0 Å². The van der Waals surface area contributed by atoms with Crippen LogP contribution in [0, 0.1) is 0 Å². The molecule has 0 heterocycles. The molecule has 0 radical (unpaired) electrons. The van der Waals surface area contributed by atoms with Crippen molar-refractivity contribution in [3.05, 3.63) is 34.9 Å². The molecule has 0 saturated carbocycles. The predicted molar refractivity (Wildman–Crippen MR) is 58.7 cm³/mol.